The SMILES string of the molecule is CC1CC(O)(c2cccc(OCc3ccc4cc(F)c(F)cc4c3)c2)CCO1. The van der Waals surface area contributed by atoms with E-state index in [4.69, 9.17) is 9.47 Å². The monoisotopic (exact) mass is 384 g/mol. The molecular weight excluding hydrogens is 362 g/mol. The number of ether oxygens (including phenoxy) is 2. The topological polar surface area (TPSA) is 38.7 Å². The molecule has 1 N–H and O–H groups in total. The highest BCUT2D eigenvalue weighted by Gasteiger charge is 2.35. The number of benzene rings is 3. The summed E-state index contributed by atoms with van der Waals surface area (Å²) in [7, 11) is 0. The van der Waals surface area contributed by atoms with E-state index >= 15 is 0 Å². The second kappa shape index (κ2) is 7.49. The van der Waals surface area contributed by atoms with E-state index in [1.807, 2.05) is 37.3 Å². The summed E-state index contributed by atoms with van der Waals surface area (Å²) in [4.78, 5) is 0. The molecule has 0 amide bonds. The second-order valence-electron chi connectivity index (χ2n) is 7.43. The molecular formula is C23H22F2O3. The molecule has 0 radical (unpaired) electrons. The van der Waals surface area contributed by atoms with Crippen LogP contribution in [0.1, 0.15) is 30.9 Å². The van der Waals surface area contributed by atoms with E-state index in [-0.39, 0.29) is 12.7 Å². The maximum absolute atomic E-state index is 13.5. The van der Waals surface area contributed by atoms with Crippen molar-refractivity contribution >= 4 is 10.8 Å². The van der Waals surface area contributed by atoms with Gasteiger partial charge in [0.15, 0.2) is 11.6 Å². The smallest absolute Gasteiger partial charge is 0.159 e. The number of aliphatic hydroxyl groups is 1. The molecule has 0 spiro atoms. The Morgan fingerprint density at radius 1 is 1.07 bits per heavy atom. The third-order valence-corrected chi connectivity index (χ3v) is 5.26. The molecule has 3 aromatic rings. The van der Waals surface area contributed by atoms with Crippen LogP contribution in [0.4, 0.5) is 8.78 Å². The van der Waals surface area contributed by atoms with E-state index in [0.717, 1.165) is 11.1 Å². The van der Waals surface area contributed by atoms with Crippen molar-refractivity contribution in [2.45, 2.75) is 38.1 Å². The third kappa shape index (κ3) is 3.86. The zero-order valence-corrected chi connectivity index (χ0v) is 15.6. The molecule has 28 heavy (non-hydrogen) atoms. The fraction of sp³-hybridized carbons (Fsp3) is 0.304. The lowest BCUT2D eigenvalue weighted by molar-refractivity contribution is -0.101. The Morgan fingerprint density at radius 3 is 2.64 bits per heavy atom. The van der Waals surface area contributed by atoms with Gasteiger partial charge in [0, 0.05) is 12.8 Å². The lowest BCUT2D eigenvalue weighted by atomic mass is 9.84. The van der Waals surface area contributed by atoms with Crippen molar-refractivity contribution in [1.29, 1.82) is 0 Å². The minimum Gasteiger partial charge on any atom is -0.489 e. The van der Waals surface area contributed by atoms with Gasteiger partial charge in [-0.3, -0.25) is 0 Å². The van der Waals surface area contributed by atoms with Crippen molar-refractivity contribution in [2.75, 3.05) is 6.61 Å². The number of hydrogen-bond donors (Lipinski definition) is 1. The highest BCUT2D eigenvalue weighted by Crippen LogP contribution is 2.36. The van der Waals surface area contributed by atoms with Gasteiger partial charge >= 0.3 is 0 Å². The largest absolute Gasteiger partial charge is 0.489 e. The molecule has 1 aliphatic rings. The molecule has 3 nitrogen and oxygen atoms in total. The average molecular weight is 384 g/mol. The summed E-state index contributed by atoms with van der Waals surface area (Å²) in [6, 6.07) is 15.2. The van der Waals surface area contributed by atoms with Gasteiger partial charge in [-0.05, 0) is 59.2 Å². The van der Waals surface area contributed by atoms with Crippen molar-refractivity contribution in [2.24, 2.45) is 0 Å². The molecule has 0 aliphatic carbocycles. The van der Waals surface area contributed by atoms with Crippen LogP contribution in [0.15, 0.2) is 54.6 Å². The van der Waals surface area contributed by atoms with Crippen LogP contribution in [0, 0.1) is 11.6 Å². The Bertz CT molecular complexity index is 1000. The average Bonchev–Trinajstić information content (AvgIpc) is 2.67. The van der Waals surface area contributed by atoms with E-state index in [2.05, 4.69) is 0 Å². The van der Waals surface area contributed by atoms with E-state index < -0.39 is 17.2 Å². The molecule has 1 aliphatic heterocycles. The van der Waals surface area contributed by atoms with Crippen LogP contribution in [-0.4, -0.2) is 17.8 Å². The van der Waals surface area contributed by atoms with Crippen molar-refractivity contribution in [1.82, 2.24) is 0 Å². The lowest BCUT2D eigenvalue weighted by Crippen LogP contribution is -2.37. The van der Waals surface area contributed by atoms with Crippen molar-refractivity contribution in [3.05, 3.63) is 77.4 Å². The van der Waals surface area contributed by atoms with Gasteiger partial charge in [0.2, 0.25) is 0 Å². The molecule has 1 saturated heterocycles. The first-order valence-corrected chi connectivity index (χ1v) is 9.38. The molecule has 146 valence electrons. The van der Waals surface area contributed by atoms with Crippen molar-refractivity contribution in [3.63, 3.8) is 0 Å². The highest BCUT2D eigenvalue weighted by atomic mass is 19.2. The molecule has 0 bridgehead atoms. The predicted molar refractivity (Wildman–Crippen MR) is 103 cm³/mol. The quantitative estimate of drug-likeness (QED) is 0.681. The van der Waals surface area contributed by atoms with Gasteiger partial charge < -0.3 is 14.6 Å². The molecule has 1 heterocycles. The summed E-state index contributed by atoms with van der Waals surface area (Å²) in [6.45, 7) is 2.77. The molecule has 1 fully saturated rings. The fourth-order valence-electron chi connectivity index (χ4n) is 3.75. The fourth-order valence-corrected chi connectivity index (χ4v) is 3.75. The van der Waals surface area contributed by atoms with Gasteiger partial charge in [0.25, 0.3) is 0 Å². The van der Waals surface area contributed by atoms with Crippen molar-refractivity contribution < 1.29 is 23.4 Å². The first-order chi connectivity index (χ1) is 13.4. The zero-order chi connectivity index (χ0) is 19.7. The summed E-state index contributed by atoms with van der Waals surface area (Å²) < 4.78 is 38.2. The maximum atomic E-state index is 13.5. The van der Waals surface area contributed by atoms with Crippen LogP contribution in [0.2, 0.25) is 0 Å². The number of hydrogen-bond acceptors (Lipinski definition) is 3. The maximum Gasteiger partial charge on any atom is 0.159 e. The van der Waals surface area contributed by atoms with Crippen LogP contribution in [0.3, 0.4) is 0 Å². The van der Waals surface area contributed by atoms with Crippen LogP contribution in [0.5, 0.6) is 5.75 Å². The van der Waals surface area contributed by atoms with E-state index in [9.17, 15) is 13.9 Å². The minimum atomic E-state index is -0.915. The van der Waals surface area contributed by atoms with Crippen LogP contribution in [0.25, 0.3) is 10.8 Å². The molecule has 0 aromatic heterocycles. The van der Waals surface area contributed by atoms with E-state index in [1.54, 1.807) is 12.1 Å². The summed E-state index contributed by atoms with van der Waals surface area (Å²) in [5, 5.41) is 12.3. The van der Waals surface area contributed by atoms with Crippen LogP contribution in [-0.2, 0) is 16.9 Å². The van der Waals surface area contributed by atoms with Gasteiger partial charge in [-0.2, -0.15) is 0 Å². The van der Waals surface area contributed by atoms with Crippen molar-refractivity contribution in [3.8, 4) is 5.75 Å². The summed E-state index contributed by atoms with van der Waals surface area (Å²) in [6.07, 6.45) is 1.10. The molecule has 4 rings (SSSR count). The molecule has 2 atom stereocenters. The number of fused-ring (bicyclic) bond motifs is 1. The Kier molecular flexibility index (Phi) is 5.04. The first-order valence-electron chi connectivity index (χ1n) is 9.38. The van der Waals surface area contributed by atoms with Gasteiger partial charge in [-0.25, -0.2) is 8.78 Å². The molecule has 3 aromatic carbocycles. The Balaban J connectivity index is 1.51. The van der Waals surface area contributed by atoms with Crippen LogP contribution < -0.4 is 4.74 Å². The Morgan fingerprint density at radius 2 is 1.86 bits per heavy atom. The van der Waals surface area contributed by atoms with Gasteiger partial charge in [-0.1, -0.05) is 24.3 Å². The number of rotatable bonds is 4. The standard InChI is InChI=1S/C23H22F2O3/c1-15-13-23(26,7-8-27-15)19-3-2-4-20(12-19)28-14-16-5-6-17-10-21(24)22(25)11-18(17)9-16/h2-6,9-12,15,26H,7-8,13-14H2,1H3. The van der Waals surface area contributed by atoms with Crippen LogP contribution >= 0.6 is 0 Å². The molecule has 2 unspecified atom stereocenters. The van der Waals surface area contributed by atoms with Gasteiger partial charge in [0.05, 0.1) is 18.3 Å². The minimum absolute atomic E-state index is 0.00570. The number of halogens is 2. The second-order valence-corrected chi connectivity index (χ2v) is 7.43. The molecule has 0 saturated carbocycles. The molecule has 5 heteroatoms. The lowest BCUT2D eigenvalue weighted by Gasteiger charge is -2.36. The summed E-state index contributed by atoms with van der Waals surface area (Å²) >= 11 is 0. The van der Waals surface area contributed by atoms with Gasteiger partial charge in [-0.15, -0.1) is 0 Å². The summed E-state index contributed by atoms with van der Waals surface area (Å²) in [5.41, 5.74) is 0.750. The first kappa shape index (κ1) is 18.8. The summed E-state index contributed by atoms with van der Waals surface area (Å²) in [5.74, 6) is -1.07. The van der Waals surface area contributed by atoms with Gasteiger partial charge in [0.1, 0.15) is 12.4 Å². The zero-order valence-electron chi connectivity index (χ0n) is 15.6. The Hall–Kier alpha value is -2.50. The highest BCUT2D eigenvalue weighted by molar-refractivity contribution is 5.83. The predicted octanol–water partition coefficient (Wildman–Crippen LogP) is 5.08. The Labute approximate surface area is 162 Å². The van der Waals surface area contributed by atoms with E-state index in [1.165, 1.54) is 12.1 Å². The van der Waals surface area contributed by atoms with E-state index in [0.29, 0.717) is 36.0 Å². The normalized spacial score (nSPS) is 22.4. The third-order valence-electron chi connectivity index (χ3n) is 5.26.